The van der Waals surface area contributed by atoms with Crippen LogP contribution < -0.4 is 5.32 Å². The predicted octanol–water partition coefficient (Wildman–Crippen LogP) is 4.15. The Hall–Kier alpha value is -1.60. The Balaban J connectivity index is 1.60. The third-order valence-corrected chi connectivity index (χ3v) is 4.64. The molecule has 1 heteroatoms. The van der Waals surface area contributed by atoms with E-state index < -0.39 is 0 Å². The molecule has 3 rings (SSSR count). The van der Waals surface area contributed by atoms with E-state index in [9.17, 15) is 0 Å². The summed E-state index contributed by atoms with van der Waals surface area (Å²) in [5.41, 5.74) is 4.52. The molecule has 0 heterocycles. The summed E-state index contributed by atoms with van der Waals surface area (Å²) in [6.45, 7) is 2.29. The summed E-state index contributed by atoms with van der Waals surface area (Å²) in [6.07, 6.45) is 5.99. The van der Waals surface area contributed by atoms with Crippen molar-refractivity contribution >= 4 is 0 Å². The highest BCUT2D eigenvalue weighted by atomic mass is 14.9. The molecule has 0 aliphatic heterocycles. The summed E-state index contributed by atoms with van der Waals surface area (Å²) in [5.74, 6) is 0. The molecule has 0 aromatic heterocycles. The van der Waals surface area contributed by atoms with E-state index >= 15 is 0 Å². The van der Waals surface area contributed by atoms with Gasteiger partial charge in [0.25, 0.3) is 0 Å². The summed E-state index contributed by atoms with van der Waals surface area (Å²) < 4.78 is 0. The number of benzene rings is 2. The first-order valence-corrected chi connectivity index (χ1v) is 8.22. The molecule has 2 aromatic carbocycles. The van der Waals surface area contributed by atoms with Crippen LogP contribution in [-0.2, 0) is 19.3 Å². The number of hydrogen-bond acceptors (Lipinski definition) is 1. The lowest BCUT2D eigenvalue weighted by atomic mass is 9.87. The largest absolute Gasteiger partial charge is 0.311 e. The Morgan fingerprint density at radius 1 is 1.00 bits per heavy atom. The number of fused-ring (bicyclic) bond motifs is 1. The van der Waals surface area contributed by atoms with Gasteiger partial charge in [-0.1, -0.05) is 61.5 Å². The third-order valence-electron chi connectivity index (χ3n) is 4.64. The van der Waals surface area contributed by atoms with Gasteiger partial charge in [0.2, 0.25) is 0 Å². The average Bonchev–Trinajstić information content (AvgIpc) is 2.55. The van der Waals surface area contributed by atoms with E-state index in [-0.39, 0.29) is 0 Å². The summed E-state index contributed by atoms with van der Waals surface area (Å²) in [6, 6.07) is 21.0. The molecule has 1 aliphatic carbocycles. The van der Waals surface area contributed by atoms with E-state index in [1.807, 2.05) is 0 Å². The molecule has 1 aliphatic rings. The maximum atomic E-state index is 3.89. The van der Waals surface area contributed by atoms with Gasteiger partial charge in [-0.25, -0.2) is 0 Å². The molecule has 2 aromatic rings. The lowest BCUT2D eigenvalue weighted by Gasteiger charge is -2.29. The van der Waals surface area contributed by atoms with Crippen molar-refractivity contribution in [2.45, 2.75) is 51.1 Å². The molecule has 2 atom stereocenters. The molecule has 21 heavy (non-hydrogen) atoms. The van der Waals surface area contributed by atoms with Crippen molar-refractivity contribution < 1.29 is 0 Å². The SMILES string of the molecule is CCC(Cc1ccccc1)NC1CCc2ccccc2C1. The molecule has 0 saturated heterocycles. The average molecular weight is 279 g/mol. The van der Waals surface area contributed by atoms with E-state index in [1.165, 1.54) is 36.8 Å². The van der Waals surface area contributed by atoms with Crippen LogP contribution in [0.15, 0.2) is 54.6 Å². The number of nitrogens with one attached hydrogen (secondary N) is 1. The highest BCUT2D eigenvalue weighted by molar-refractivity contribution is 5.30. The zero-order valence-electron chi connectivity index (χ0n) is 12.9. The molecule has 0 fully saturated rings. The van der Waals surface area contributed by atoms with Gasteiger partial charge in [-0.3, -0.25) is 0 Å². The van der Waals surface area contributed by atoms with Crippen LogP contribution in [0.5, 0.6) is 0 Å². The van der Waals surface area contributed by atoms with E-state index in [2.05, 4.69) is 66.8 Å². The molecular weight excluding hydrogens is 254 g/mol. The Morgan fingerprint density at radius 2 is 1.71 bits per heavy atom. The van der Waals surface area contributed by atoms with Gasteiger partial charge in [-0.15, -0.1) is 0 Å². The van der Waals surface area contributed by atoms with Gasteiger partial charge in [0.1, 0.15) is 0 Å². The zero-order chi connectivity index (χ0) is 14.5. The van der Waals surface area contributed by atoms with Crippen molar-refractivity contribution in [2.75, 3.05) is 0 Å². The van der Waals surface area contributed by atoms with Gasteiger partial charge >= 0.3 is 0 Å². The molecule has 1 N–H and O–H groups in total. The maximum absolute atomic E-state index is 3.89. The van der Waals surface area contributed by atoms with E-state index in [0.717, 1.165) is 6.42 Å². The molecule has 110 valence electrons. The Bertz CT molecular complexity index is 561. The molecule has 0 spiro atoms. The second kappa shape index (κ2) is 6.91. The number of hydrogen-bond donors (Lipinski definition) is 1. The third kappa shape index (κ3) is 3.74. The molecule has 0 bridgehead atoms. The normalized spacial score (nSPS) is 19.0. The molecule has 2 unspecified atom stereocenters. The van der Waals surface area contributed by atoms with Crippen LogP contribution in [0, 0.1) is 0 Å². The predicted molar refractivity (Wildman–Crippen MR) is 89.6 cm³/mol. The first-order valence-electron chi connectivity index (χ1n) is 8.22. The molecule has 0 amide bonds. The van der Waals surface area contributed by atoms with Crippen molar-refractivity contribution in [3.05, 3.63) is 71.3 Å². The molecule has 0 radical (unpaired) electrons. The van der Waals surface area contributed by atoms with E-state index in [1.54, 1.807) is 5.56 Å². The van der Waals surface area contributed by atoms with Crippen LogP contribution in [0.4, 0.5) is 0 Å². The van der Waals surface area contributed by atoms with Crippen LogP contribution in [0.1, 0.15) is 36.5 Å². The lowest BCUT2D eigenvalue weighted by Crippen LogP contribution is -2.42. The minimum atomic E-state index is 0.586. The quantitative estimate of drug-likeness (QED) is 0.867. The monoisotopic (exact) mass is 279 g/mol. The highest BCUT2D eigenvalue weighted by Crippen LogP contribution is 2.22. The van der Waals surface area contributed by atoms with Gasteiger partial charge in [0, 0.05) is 12.1 Å². The number of aryl methyl sites for hydroxylation is 1. The second-order valence-corrected chi connectivity index (χ2v) is 6.17. The van der Waals surface area contributed by atoms with Crippen molar-refractivity contribution in [3.8, 4) is 0 Å². The number of rotatable bonds is 5. The molecule has 0 saturated carbocycles. The highest BCUT2D eigenvalue weighted by Gasteiger charge is 2.20. The van der Waals surface area contributed by atoms with Crippen LogP contribution in [0.3, 0.4) is 0 Å². The van der Waals surface area contributed by atoms with Crippen molar-refractivity contribution in [3.63, 3.8) is 0 Å². The summed E-state index contributed by atoms with van der Waals surface area (Å²) in [7, 11) is 0. The fraction of sp³-hybridized carbons (Fsp3) is 0.400. The topological polar surface area (TPSA) is 12.0 Å². The zero-order valence-corrected chi connectivity index (χ0v) is 12.9. The van der Waals surface area contributed by atoms with Gasteiger partial charge < -0.3 is 5.32 Å². The van der Waals surface area contributed by atoms with Gasteiger partial charge in [0.05, 0.1) is 0 Å². The van der Waals surface area contributed by atoms with Gasteiger partial charge in [-0.2, -0.15) is 0 Å². The van der Waals surface area contributed by atoms with Crippen molar-refractivity contribution in [2.24, 2.45) is 0 Å². The van der Waals surface area contributed by atoms with Crippen molar-refractivity contribution in [1.82, 2.24) is 5.32 Å². The summed E-state index contributed by atoms with van der Waals surface area (Å²) >= 11 is 0. The van der Waals surface area contributed by atoms with E-state index in [0.29, 0.717) is 12.1 Å². The summed E-state index contributed by atoms with van der Waals surface area (Å²) in [5, 5.41) is 3.89. The standard InChI is InChI=1S/C20H25N/c1-2-19(14-16-8-4-3-5-9-16)21-20-13-12-17-10-6-7-11-18(17)15-20/h3-11,19-21H,2,12-15H2,1H3. The molecule has 1 nitrogen and oxygen atoms in total. The van der Waals surface area contributed by atoms with Crippen LogP contribution in [0.25, 0.3) is 0 Å². The van der Waals surface area contributed by atoms with E-state index in [4.69, 9.17) is 0 Å². The summed E-state index contributed by atoms with van der Waals surface area (Å²) in [4.78, 5) is 0. The van der Waals surface area contributed by atoms with Gasteiger partial charge in [-0.05, 0) is 48.8 Å². The smallest absolute Gasteiger partial charge is 0.0113 e. The first kappa shape index (κ1) is 14.3. The Morgan fingerprint density at radius 3 is 2.48 bits per heavy atom. The maximum Gasteiger partial charge on any atom is 0.0113 e. The second-order valence-electron chi connectivity index (χ2n) is 6.17. The van der Waals surface area contributed by atoms with Crippen molar-refractivity contribution in [1.29, 1.82) is 0 Å². The van der Waals surface area contributed by atoms with Crippen LogP contribution in [-0.4, -0.2) is 12.1 Å². The minimum Gasteiger partial charge on any atom is -0.311 e. The molecular formula is C20H25N. The fourth-order valence-electron chi connectivity index (χ4n) is 3.39. The Kier molecular flexibility index (Phi) is 4.72. The van der Waals surface area contributed by atoms with Crippen LogP contribution in [0.2, 0.25) is 0 Å². The fourth-order valence-corrected chi connectivity index (χ4v) is 3.39. The van der Waals surface area contributed by atoms with Gasteiger partial charge in [0.15, 0.2) is 0 Å². The minimum absolute atomic E-state index is 0.586. The lowest BCUT2D eigenvalue weighted by molar-refractivity contribution is 0.383. The van der Waals surface area contributed by atoms with Crippen LogP contribution >= 0.6 is 0 Å². The Labute approximate surface area is 128 Å². The first-order chi connectivity index (χ1) is 10.3.